The van der Waals surface area contributed by atoms with Crippen LogP contribution in [0.4, 0.5) is 11.4 Å². The number of nitrogens with one attached hydrogen (secondary N) is 1. The van der Waals surface area contributed by atoms with Crippen LogP contribution in [-0.2, 0) is 6.54 Å². The molecule has 1 saturated heterocycles. The number of amides is 1. The summed E-state index contributed by atoms with van der Waals surface area (Å²) in [5.74, 6) is 0.755. The van der Waals surface area contributed by atoms with Gasteiger partial charge in [-0.1, -0.05) is 13.0 Å². The Balaban J connectivity index is 1.82. The van der Waals surface area contributed by atoms with E-state index in [4.69, 9.17) is 4.74 Å². The molecule has 8 nitrogen and oxygen atoms in total. The molecular weight excluding hydrogens is 384 g/mol. The maximum absolute atomic E-state index is 13.0. The van der Waals surface area contributed by atoms with Crippen LogP contribution in [0.3, 0.4) is 0 Å². The number of rotatable bonds is 7. The summed E-state index contributed by atoms with van der Waals surface area (Å²) in [6, 6.07) is 8.12. The molecular formula is C22H28N4O4. The van der Waals surface area contributed by atoms with E-state index in [2.05, 4.69) is 22.1 Å². The Labute approximate surface area is 176 Å². The van der Waals surface area contributed by atoms with Gasteiger partial charge in [-0.2, -0.15) is 0 Å². The van der Waals surface area contributed by atoms with Crippen LogP contribution in [0.15, 0.2) is 36.5 Å². The van der Waals surface area contributed by atoms with Crippen molar-refractivity contribution in [3.63, 3.8) is 0 Å². The molecule has 1 aromatic carbocycles. The van der Waals surface area contributed by atoms with Crippen molar-refractivity contribution in [1.29, 1.82) is 0 Å². The molecule has 160 valence electrons. The average Bonchev–Trinajstić information content (AvgIpc) is 2.72. The Morgan fingerprint density at radius 2 is 2.07 bits per heavy atom. The number of ether oxygens (including phenoxy) is 1. The van der Waals surface area contributed by atoms with Crippen LogP contribution in [0, 0.1) is 16.0 Å². The van der Waals surface area contributed by atoms with E-state index in [1.54, 1.807) is 18.3 Å². The van der Waals surface area contributed by atoms with E-state index in [1.165, 1.54) is 12.1 Å². The number of hydrogen-bond acceptors (Lipinski definition) is 6. The molecule has 0 spiro atoms. The Hall–Kier alpha value is -3.16. The summed E-state index contributed by atoms with van der Waals surface area (Å²) in [6.07, 6.45) is 3.66. The fourth-order valence-corrected chi connectivity index (χ4v) is 3.50. The van der Waals surface area contributed by atoms with E-state index < -0.39 is 4.92 Å². The molecule has 8 heteroatoms. The molecule has 1 aliphatic heterocycles. The molecule has 2 aromatic rings. The standard InChI is InChI=1S/C22H28N4O4/c1-15(2)30-22-17(5-4-10-23-22)14-24-21(27)19-13-18(26(28)29)6-7-20(19)25-11-8-16(3)9-12-25/h4-7,10,13,15-16H,8-9,11-12,14H2,1-3H3,(H,24,27). The van der Waals surface area contributed by atoms with Gasteiger partial charge in [0.15, 0.2) is 0 Å². The van der Waals surface area contributed by atoms with Crippen LogP contribution in [0.5, 0.6) is 5.88 Å². The van der Waals surface area contributed by atoms with Gasteiger partial charge in [0.1, 0.15) is 0 Å². The van der Waals surface area contributed by atoms with E-state index in [0.717, 1.165) is 37.2 Å². The lowest BCUT2D eigenvalue weighted by atomic mass is 9.98. The van der Waals surface area contributed by atoms with Crippen molar-refractivity contribution in [1.82, 2.24) is 10.3 Å². The van der Waals surface area contributed by atoms with Crippen LogP contribution >= 0.6 is 0 Å². The minimum Gasteiger partial charge on any atom is -0.475 e. The normalized spacial score (nSPS) is 14.6. The van der Waals surface area contributed by atoms with Crippen molar-refractivity contribution in [2.24, 2.45) is 5.92 Å². The van der Waals surface area contributed by atoms with Gasteiger partial charge in [0.2, 0.25) is 5.88 Å². The summed E-state index contributed by atoms with van der Waals surface area (Å²) < 4.78 is 5.70. The number of nitro groups is 1. The van der Waals surface area contributed by atoms with Gasteiger partial charge in [-0.15, -0.1) is 0 Å². The van der Waals surface area contributed by atoms with Crippen molar-refractivity contribution >= 4 is 17.3 Å². The lowest BCUT2D eigenvalue weighted by molar-refractivity contribution is -0.384. The number of nitro benzene ring substituents is 1. The topological polar surface area (TPSA) is 97.6 Å². The van der Waals surface area contributed by atoms with E-state index in [1.807, 2.05) is 19.9 Å². The second kappa shape index (κ2) is 9.56. The molecule has 1 fully saturated rings. The quantitative estimate of drug-likeness (QED) is 0.546. The third-order valence-corrected chi connectivity index (χ3v) is 5.20. The molecule has 1 aliphatic rings. The number of pyridine rings is 1. The third kappa shape index (κ3) is 5.25. The summed E-state index contributed by atoms with van der Waals surface area (Å²) in [6.45, 7) is 7.90. The van der Waals surface area contributed by atoms with Gasteiger partial charge in [0.25, 0.3) is 11.6 Å². The highest BCUT2D eigenvalue weighted by Crippen LogP contribution is 2.29. The maximum atomic E-state index is 13.0. The highest BCUT2D eigenvalue weighted by molar-refractivity contribution is 6.00. The van der Waals surface area contributed by atoms with Crippen LogP contribution in [0.25, 0.3) is 0 Å². The number of benzene rings is 1. The van der Waals surface area contributed by atoms with Gasteiger partial charge in [0.05, 0.1) is 22.3 Å². The molecule has 1 amide bonds. The van der Waals surface area contributed by atoms with Crippen molar-refractivity contribution in [2.75, 3.05) is 18.0 Å². The number of carbonyl (C=O) groups excluding carboxylic acids is 1. The summed E-state index contributed by atoms with van der Waals surface area (Å²) >= 11 is 0. The first-order chi connectivity index (χ1) is 14.3. The van der Waals surface area contributed by atoms with Crippen LogP contribution < -0.4 is 15.0 Å². The van der Waals surface area contributed by atoms with Gasteiger partial charge in [-0.3, -0.25) is 14.9 Å². The number of anilines is 1. The molecule has 0 bridgehead atoms. The number of non-ortho nitro benzene ring substituents is 1. The second-order valence-electron chi connectivity index (χ2n) is 7.95. The molecule has 2 heterocycles. The fraction of sp³-hybridized carbons (Fsp3) is 0.455. The molecule has 30 heavy (non-hydrogen) atoms. The third-order valence-electron chi connectivity index (χ3n) is 5.20. The zero-order valence-corrected chi connectivity index (χ0v) is 17.6. The first-order valence-corrected chi connectivity index (χ1v) is 10.3. The monoisotopic (exact) mass is 412 g/mol. The minimum absolute atomic E-state index is 0.0424. The zero-order valence-electron chi connectivity index (χ0n) is 17.6. The summed E-state index contributed by atoms with van der Waals surface area (Å²) in [4.78, 5) is 30.2. The number of piperidine rings is 1. The first-order valence-electron chi connectivity index (χ1n) is 10.3. The molecule has 0 atom stereocenters. The maximum Gasteiger partial charge on any atom is 0.270 e. The Bertz CT molecular complexity index is 908. The summed E-state index contributed by atoms with van der Waals surface area (Å²) in [5, 5.41) is 14.1. The molecule has 1 aromatic heterocycles. The van der Waals surface area contributed by atoms with Crippen molar-refractivity contribution in [2.45, 2.75) is 46.3 Å². The fourth-order valence-electron chi connectivity index (χ4n) is 3.50. The minimum atomic E-state index is -0.478. The number of nitrogens with zero attached hydrogens (tertiary/aromatic N) is 3. The first kappa shape index (κ1) is 21.5. The molecule has 0 aliphatic carbocycles. The predicted molar refractivity (Wildman–Crippen MR) is 115 cm³/mol. The van der Waals surface area contributed by atoms with Crippen molar-refractivity contribution in [3.8, 4) is 5.88 Å². The molecule has 0 radical (unpaired) electrons. The predicted octanol–water partition coefficient (Wildman–Crippen LogP) is 3.94. The molecule has 0 unspecified atom stereocenters. The van der Waals surface area contributed by atoms with Crippen LogP contribution in [0.1, 0.15) is 49.5 Å². The van der Waals surface area contributed by atoms with Crippen molar-refractivity contribution < 1.29 is 14.5 Å². The van der Waals surface area contributed by atoms with Crippen molar-refractivity contribution in [3.05, 3.63) is 57.8 Å². The Morgan fingerprint density at radius 1 is 1.33 bits per heavy atom. The summed E-state index contributed by atoms with van der Waals surface area (Å²) in [7, 11) is 0. The smallest absolute Gasteiger partial charge is 0.270 e. The highest BCUT2D eigenvalue weighted by Gasteiger charge is 2.23. The lowest BCUT2D eigenvalue weighted by Gasteiger charge is -2.33. The number of aromatic nitrogens is 1. The lowest BCUT2D eigenvalue weighted by Crippen LogP contribution is -2.35. The number of carbonyl (C=O) groups is 1. The summed E-state index contributed by atoms with van der Waals surface area (Å²) in [5.41, 5.74) is 1.70. The van der Waals surface area contributed by atoms with Gasteiger partial charge < -0.3 is 15.0 Å². The van der Waals surface area contributed by atoms with E-state index >= 15 is 0 Å². The van der Waals surface area contributed by atoms with Gasteiger partial charge >= 0.3 is 0 Å². The van der Waals surface area contributed by atoms with Gasteiger partial charge in [0, 0.05) is 43.5 Å². The second-order valence-corrected chi connectivity index (χ2v) is 7.95. The Kier molecular flexibility index (Phi) is 6.87. The van der Waals surface area contributed by atoms with Gasteiger partial charge in [-0.05, 0) is 44.7 Å². The van der Waals surface area contributed by atoms with Gasteiger partial charge in [-0.25, -0.2) is 4.98 Å². The van der Waals surface area contributed by atoms with Crippen LogP contribution in [0.2, 0.25) is 0 Å². The number of hydrogen-bond donors (Lipinski definition) is 1. The van der Waals surface area contributed by atoms with E-state index in [-0.39, 0.29) is 24.2 Å². The molecule has 0 saturated carbocycles. The Morgan fingerprint density at radius 3 is 2.73 bits per heavy atom. The van der Waals surface area contributed by atoms with Crippen LogP contribution in [-0.4, -0.2) is 35.0 Å². The zero-order chi connectivity index (χ0) is 21.7. The average molecular weight is 412 g/mol. The van der Waals surface area contributed by atoms with E-state index in [9.17, 15) is 14.9 Å². The molecule has 1 N–H and O–H groups in total. The SMILES string of the molecule is CC1CCN(c2ccc([N+](=O)[O-])cc2C(=O)NCc2cccnc2OC(C)C)CC1. The highest BCUT2D eigenvalue weighted by atomic mass is 16.6. The largest absolute Gasteiger partial charge is 0.475 e. The molecule has 3 rings (SSSR count). The van der Waals surface area contributed by atoms with E-state index in [0.29, 0.717) is 17.4 Å².